The molecule has 0 radical (unpaired) electrons. The van der Waals surface area contributed by atoms with Crippen LogP contribution in [0.15, 0.2) is 16.8 Å². The van der Waals surface area contributed by atoms with Crippen LogP contribution >= 0.6 is 11.3 Å². The lowest BCUT2D eigenvalue weighted by Crippen LogP contribution is -2.51. The van der Waals surface area contributed by atoms with Gasteiger partial charge in [-0.1, -0.05) is 0 Å². The van der Waals surface area contributed by atoms with E-state index in [9.17, 15) is 9.59 Å². The third-order valence-corrected chi connectivity index (χ3v) is 3.38. The van der Waals surface area contributed by atoms with Crippen LogP contribution in [-0.4, -0.2) is 47.8 Å². The van der Waals surface area contributed by atoms with Crippen LogP contribution in [0.3, 0.4) is 0 Å². The predicted octanol–water partition coefficient (Wildman–Crippen LogP) is 0.743. The van der Waals surface area contributed by atoms with Crippen LogP contribution in [0.25, 0.3) is 0 Å². The standard InChI is InChI=1S/C11H14N2O4S/c14-10(15)9-6-13(2-3-17-9)11(16)12-5-8-1-4-18-7-8/h1,4,7,9H,2-3,5-6H2,(H,12,16)(H,14,15). The first-order valence-electron chi connectivity index (χ1n) is 5.55. The number of thiophene rings is 1. The summed E-state index contributed by atoms with van der Waals surface area (Å²) in [5.41, 5.74) is 1.04. The van der Waals surface area contributed by atoms with Crippen molar-refractivity contribution < 1.29 is 19.4 Å². The molecule has 1 aliphatic heterocycles. The van der Waals surface area contributed by atoms with E-state index in [4.69, 9.17) is 9.84 Å². The molecular formula is C11H14N2O4S. The van der Waals surface area contributed by atoms with Crippen molar-refractivity contribution in [2.24, 2.45) is 0 Å². The molecule has 1 aromatic rings. The van der Waals surface area contributed by atoms with E-state index >= 15 is 0 Å². The van der Waals surface area contributed by atoms with Crippen molar-refractivity contribution >= 4 is 23.3 Å². The van der Waals surface area contributed by atoms with Gasteiger partial charge in [-0.3, -0.25) is 0 Å². The number of urea groups is 1. The van der Waals surface area contributed by atoms with Crippen LogP contribution in [0.2, 0.25) is 0 Å². The highest BCUT2D eigenvalue weighted by molar-refractivity contribution is 7.07. The highest BCUT2D eigenvalue weighted by Gasteiger charge is 2.28. The van der Waals surface area contributed by atoms with Gasteiger partial charge in [0.2, 0.25) is 0 Å². The largest absolute Gasteiger partial charge is 0.479 e. The summed E-state index contributed by atoms with van der Waals surface area (Å²) >= 11 is 1.57. The van der Waals surface area contributed by atoms with Gasteiger partial charge in [0.1, 0.15) is 0 Å². The van der Waals surface area contributed by atoms with Crippen LogP contribution in [0.1, 0.15) is 5.56 Å². The molecule has 0 spiro atoms. The van der Waals surface area contributed by atoms with Crippen molar-refractivity contribution in [1.29, 1.82) is 0 Å². The smallest absolute Gasteiger partial charge is 0.334 e. The Balaban J connectivity index is 1.83. The molecule has 1 fully saturated rings. The Kier molecular flexibility index (Phi) is 4.16. The molecule has 0 aromatic carbocycles. The van der Waals surface area contributed by atoms with Crippen molar-refractivity contribution in [1.82, 2.24) is 10.2 Å². The van der Waals surface area contributed by atoms with Gasteiger partial charge in [-0.2, -0.15) is 11.3 Å². The van der Waals surface area contributed by atoms with Crippen LogP contribution in [0.5, 0.6) is 0 Å². The van der Waals surface area contributed by atoms with Crippen LogP contribution in [0, 0.1) is 0 Å². The summed E-state index contributed by atoms with van der Waals surface area (Å²) in [5, 5.41) is 15.5. The average Bonchev–Trinajstić information content (AvgIpc) is 2.89. The number of amides is 2. The first-order chi connectivity index (χ1) is 8.66. The van der Waals surface area contributed by atoms with Gasteiger partial charge >= 0.3 is 12.0 Å². The topological polar surface area (TPSA) is 78.9 Å². The number of carboxylic acid groups (broad SMARTS) is 1. The number of morpholine rings is 1. The molecule has 7 heteroatoms. The third-order valence-electron chi connectivity index (χ3n) is 2.65. The van der Waals surface area contributed by atoms with Crippen LogP contribution < -0.4 is 5.32 Å². The molecule has 2 amide bonds. The normalized spacial score (nSPS) is 19.6. The number of carbonyl (C=O) groups is 2. The molecule has 2 heterocycles. The van der Waals surface area contributed by atoms with Gasteiger partial charge in [-0.25, -0.2) is 9.59 Å². The third kappa shape index (κ3) is 3.21. The van der Waals surface area contributed by atoms with E-state index in [-0.39, 0.29) is 19.2 Å². The summed E-state index contributed by atoms with van der Waals surface area (Å²) in [6.07, 6.45) is -0.925. The number of nitrogens with one attached hydrogen (secondary N) is 1. The maximum Gasteiger partial charge on any atom is 0.334 e. The number of nitrogens with zero attached hydrogens (tertiary/aromatic N) is 1. The van der Waals surface area contributed by atoms with Crippen molar-refractivity contribution in [2.45, 2.75) is 12.6 Å². The lowest BCUT2D eigenvalue weighted by atomic mass is 10.3. The molecule has 1 saturated heterocycles. The van der Waals surface area contributed by atoms with Crippen molar-refractivity contribution in [3.8, 4) is 0 Å². The Morgan fingerprint density at radius 3 is 3.11 bits per heavy atom. The van der Waals surface area contributed by atoms with Gasteiger partial charge in [0.15, 0.2) is 6.10 Å². The fourth-order valence-corrected chi connectivity index (χ4v) is 2.33. The van der Waals surface area contributed by atoms with E-state index in [1.807, 2.05) is 16.8 Å². The maximum atomic E-state index is 11.8. The fraction of sp³-hybridized carbons (Fsp3) is 0.455. The summed E-state index contributed by atoms with van der Waals surface area (Å²) < 4.78 is 5.05. The monoisotopic (exact) mass is 270 g/mol. The van der Waals surface area contributed by atoms with E-state index < -0.39 is 12.1 Å². The number of hydrogen-bond acceptors (Lipinski definition) is 4. The molecule has 18 heavy (non-hydrogen) atoms. The highest BCUT2D eigenvalue weighted by atomic mass is 32.1. The predicted molar refractivity (Wildman–Crippen MR) is 65.5 cm³/mol. The summed E-state index contributed by atoms with van der Waals surface area (Å²) in [6.45, 7) is 1.21. The van der Waals surface area contributed by atoms with Gasteiger partial charge < -0.3 is 20.1 Å². The summed E-state index contributed by atoms with van der Waals surface area (Å²) in [7, 11) is 0. The Morgan fingerprint density at radius 2 is 2.44 bits per heavy atom. The Hall–Kier alpha value is -1.60. The summed E-state index contributed by atoms with van der Waals surface area (Å²) in [4.78, 5) is 24.1. The Bertz CT molecular complexity index is 421. The zero-order valence-electron chi connectivity index (χ0n) is 9.67. The molecule has 0 aliphatic carbocycles. The minimum atomic E-state index is -1.04. The lowest BCUT2D eigenvalue weighted by Gasteiger charge is -2.30. The minimum Gasteiger partial charge on any atom is -0.479 e. The number of ether oxygens (including phenoxy) is 1. The van der Waals surface area contributed by atoms with Crippen molar-refractivity contribution in [3.63, 3.8) is 0 Å². The molecule has 1 unspecified atom stereocenters. The van der Waals surface area contributed by atoms with Crippen molar-refractivity contribution in [3.05, 3.63) is 22.4 Å². The molecule has 0 saturated carbocycles. The van der Waals surface area contributed by atoms with E-state index in [1.54, 1.807) is 11.3 Å². The summed E-state index contributed by atoms with van der Waals surface area (Å²) in [6, 6.07) is 1.68. The summed E-state index contributed by atoms with van der Waals surface area (Å²) in [5.74, 6) is -1.04. The van der Waals surface area contributed by atoms with Gasteiger partial charge in [0.25, 0.3) is 0 Å². The number of aliphatic carboxylic acids is 1. The maximum absolute atomic E-state index is 11.8. The molecule has 1 aliphatic rings. The SMILES string of the molecule is O=C(O)C1CN(C(=O)NCc2ccsc2)CCO1. The molecule has 1 atom stereocenters. The molecule has 1 aromatic heterocycles. The van der Waals surface area contributed by atoms with Gasteiger partial charge in [-0.05, 0) is 22.4 Å². The Labute approximate surface area is 108 Å². The second-order valence-electron chi connectivity index (χ2n) is 3.93. The van der Waals surface area contributed by atoms with Crippen LogP contribution in [0.4, 0.5) is 4.79 Å². The molecule has 6 nitrogen and oxygen atoms in total. The second-order valence-corrected chi connectivity index (χ2v) is 4.71. The van der Waals surface area contributed by atoms with Gasteiger partial charge in [0, 0.05) is 13.1 Å². The van der Waals surface area contributed by atoms with Crippen LogP contribution in [-0.2, 0) is 16.1 Å². The first-order valence-corrected chi connectivity index (χ1v) is 6.49. The lowest BCUT2D eigenvalue weighted by molar-refractivity contribution is -0.154. The van der Waals surface area contributed by atoms with E-state index in [2.05, 4.69) is 5.32 Å². The second kappa shape index (κ2) is 5.83. The zero-order valence-corrected chi connectivity index (χ0v) is 10.5. The quantitative estimate of drug-likeness (QED) is 0.849. The zero-order chi connectivity index (χ0) is 13.0. The average molecular weight is 270 g/mol. The van der Waals surface area contributed by atoms with E-state index in [0.29, 0.717) is 13.1 Å². The number of hydrogen-bond donors (Lipinski definition) is 2. The van der Waals surface area contributed by atoms with Crippen molar-refractivity contribution in [2.75, 3.05) is 19.7 Å². The van der Waals surface area contributed by atoms with Gasteiger partial charge in [-0.15, -0.1) is 0 Å². The Morgan fingerprint density at radius 1 is 1.61 bits per heavy atom. The molecule has 0 bridgehead atoms. The minimum absolute atomic E-state index is 0.0881. The number of carbonyl (C=O) groups excluding carboxylic acids is 1. The molecule has 2 N–H and O–H groups in total. The fourth-order valence-electron chi connectivity index (χ4n) is 1.67. The molecular weight excluding hydrogens is 256 g/mol. The van der Waals surface area contributed by atoms with E-state index in [1.165, 1.54) is 4.90 Å². The number of carboxylic acids is 1. The first kappa shape index (κ1) is 12.8. The molecule has 2 rings (SSSR count). The molecule has 98 valence electrons. The van der Waals surface area contributed by atoms with Gasteiger partial charge in [0.05, 0.1) is 13.2 Å². The highest BCUT2D eigenvalue weighted by Crippen LogP contribution is 2.08. The van der Waals surface area contributed by atoms with E-state index in [0.717, 1.165) is 5.56 Å². The number of rotatable bonds is 3.